The number of nitro benzene ring substituents is 1. The molecule has 0 saturated carbocycles. The molecule has 0 unspecified atom stereocenters. The van der Waals surface area contributed by atoms with Crippen molar-refractivity contribution in [3.8, 4) is 17.6 Å². The first-order chi connectivity index (χ1) is 10.2. The third kappa shape index (κ3) is 3.06. The van der Waals surface area contributed by atoms with Crippen LogP contribution in [0.3, 0.4) is 0 Å². The Morgan fingerprint density at radius 1 is 1.45 bits per heavy atom. The molecule has 1 aromatic carbocycles. The van der Waals surface area contributed by atoms with Crippen molar-refractivity contribution in [2.45, 2.75) is 6.92 Å². The number of nitrogens with zero attached hydrogens (tertiary/aromatic N) is 3. The average Bonchev–Trinajstić information content (AvgIpc) is 2.48. The standard InChI is InChI=1S/C13H13N3O6/c1-3-15(2)13(20)8(6-14)11(18)7-4-9(16(21)22)12(19)10(17)5-7/h4-5,17-19H,3H2,1-2H3/b11-8-. The predicted octanol–water partition coefficient (Wildman–Crippen LogP) is 1.28. The van der Waals surface area contributed by atoms with Gasteiger partial charge >= 0.3 is 5.69 Å². The van der Waals surface area contributed by atoms with Crippen LogP contribution < -0.4 is 0 Å². The van der Waals surface area contributed by atoms with E-state index < -0.39 is 39.3 Å². The maximum atomic E-state index is 11.9. The fourth-order valence-corrected chi connectivity index (χ4v) is 1.56. The largest absolute Gasteiger partial charge is 0.506 e. The first-order valence-electron chi connectivity index (χ1n) is 6.04. The molecule has 0 aromatic heterocycles. The van der Waals surface area contributed by atoms with E-state index in [1.165, 1.54) is 13.1 Å². The normalized spacial score (nSPS) is 11.3. The Kier molecular flexibility index (Phi) is 4.92. The summed E-state index contributed by atoms with van der Waals surface area (Å²) in [4.78, 5) is 22.9. The molecule has 0 heterocycles. The van der Waals surface area contributed by atoms with Crippen molar-refractivity contribution in [2.75, 3.05) is 13.6 Å². The number of aliphatic hydroxyl groups excluding tert-OH is 1. The van der Waals surface area contributed by atoms with Gasteiger partial charge in [0.15, 0.2) is 11.3 Å². The summed E-state index contributed by atoms with van der Waals surface area (Å²) < 4.78 is 0. The molecule has 9 nitrogen and oxygen atoms in total. The number of aromatic hydroxyl groups is 2. The zero-order valence-corrected chi connectivity index (χ0v) is 11.8. The molecule has 22 heavy (non-hydrogen) atoms. The number of hydrogen-bond acceptors (Lipinski definition) is 7. The average molecular weight is 307 g/mol. The van der Waals surface area contributed by atoms with Gasteiger partial charge in [0.1, 0.15) is 11.8 Å². The van der Waals surface area contributed by atoms with Gasteiger partial charge < -0.3 is 20.2 Å². The van der Waals surface area contributed by atoms with Crippen molar-refractivity contribution >= 4 is 17.4 Å². The van der Waals surface area contributed by atoms with E-state index in [0.29, 0.717) is 0 Å². The molecule has 0 radical (unpaired) electrons. The maximum Gasteiger partial charge on any atom is 0.315 e. The Bertz CT molecular complexity index is 704. The smallest absolute Gasteiger partial charge is 0.315 e. The lowest BCUT2D eigenvalue weighted by Crippen LogP contribution is -2.28. The molecule has 1 amide bonds. The van der Waals surface area contributed by atoms with Crippen molar-refractivity contribution in [3.63, 3.8) is 0 Å². The van der Waals surface area contributed by atoms with E-state index in [0.717, 1.165) is 17.0 Å². The number of likely N-dealkylation sites (N-methyl/N-ethyl adjacent to an activating group) is 1. The minimum Gasteiger partial charge on any atom is -0.506 e. The van der Waals surface area contributed by atoms with Crippen LogP contribution in [0.25, 0.3) is 5.76 Å². The monoisotopic (exact) mass is 307 g/mol. The third-order valence-electron chi connectivity index (χ3n) is 2.92. The molecule has 1 rings (SSSR count). The van der Waals surface area contributed by atoms with Crippen LogP contribution in [0.5, 0.6) is 11.5 Å². The number of nitriles is 1. The lowest BCUT2D eigenvalue weighted by Gasteiger charge is -2.14. The lowest BCUT2D eigenvalue weighted by molar-refractivity contribution is -0.386. The van der Waals surface area contributed by atoms with Crippen LogP contribution in [0.2, 0.25) is 0 Å². The second-order valence-electron chi connectivity index (χ2n) is 4.27. The van der Waals surface area contributed by atoms with Gasteiger partial charge in [-0.1, -0.05) is 0 Å². The van der Waals surface area contributed by atoms with Crippen LogP contribution >= 0.6 is 0 Å². The van der Waals surface area contributed by atoms with E-state index in [-0.39, 0.29) is 12.1 Å². The van der Waals surface area contributed by atoms with E-state index >= 15 is 0 Å². The van der Waals surface area contributed by atoms with Crippen molar-refractivity contribution in [2.24, 2.45) is 0 Å². The summed E-state index contributed by atoms with van der Waals surface area (Å²) in [6.45, 7) is 1.93. The molecule has 0 aliphatic rings. The van der Waals surface area contributed by atoms with Crippen molar-refractivity contribution in [1.29, 1.82) is 5.26 Å². The summed E-state index contributed by atoms with van der Waals surface area (Å²) in [5, 5.41) is 48.6. The second-order valence-corrected chi connectivity index (χ2v) is 4.27. The Morgan fingerprint density at radius 3 is 2.50 bits per heavy atom. The summed E-state index contributed by atoms with van der Waals surface area (Å²) in [6.07, 6.45) is 0. The summed E-state index contributed by atoms with van der Waals surface area (Å²) >= 11 is 0. The molecule has 0 aliphatic heterocycles. The van der Waals surface area contributed by atoms with Crippen molar-refractivity contribution in [1.82, 2.24) is 4.90 Å². The van der Waals surface area contributed by atoms with Gasteiger partial charge in [0.2, 0.25) is 5.75 Å². The number of phenolic OH excluding ortho intramolecular Hbond substituents is 2. The Labute approximate surface area is 125 Å². The van der Waals surface area contributed by atoms with Crippen LogP contribution in [0, 0.1) is 21.4 Å². The molecule has 0 bridgehead atoms. The van der Waals surface area contributed by atoms with Gasteiger partial charge in [-0.2, -0.15) is 5.26 Å². The predicted molar refractivity (Wildman–Crippen MR) is 74.9 cm³/mol. The highest BCUT2D eigenvalue weighted by Gasteiger charge is 2.24. The number of rotatable bonds is 4. The van der Waals surface area contributed by atoms with E-state index in [1.54, 1.807) is 6.92 Å². The van der Waals surface area contributed by atoms with Crippen molar-refractivity contribution in [3.05, 3.63) is 33.4 Å². The summed E-state index contributed by atoms with van der Waals surface area (Å²) in [5.74, 6) is -3.44. The zero-order valence-electron chi connectivity index (χ0n) is 11.8. The number of aliphatic hydroxyl groups is 1. The molecule has 0 aliphatic carbocycles. The molecule has 9 heteroatoms. The third-order valence-corrected chi connectivity index (χ3v) is 2.92. The van der Waals surface area contributed by atoms with Gasteiger partial charge in [0, 0.05) is 25.2 Å². The van der Waals surface area contributed by atoms with Gasteiger partial charge in [-0.25, -0.2) is 0 Å². The van der Waals surface area contributed by atoms with E-state index in [9.17, 15) is 30.2 Å². The van der Waals surface area contributed by atoms with Gasteiger partial charge in [-0.15, -0.1) is 0 Å². The maximum absolute atomic E-state index is 11.9. The molecule has 0 spiro atoms. The number of carbonyl (C=O) groups excluding carboxylic acids is 1. The highest BCUT2D eigenvalue weighted by molar-refractivity contribution is 6.03. The molecule has 0 saturated heterocycles. The Balaban J connectivity index is 3.52. The Hall–Kier alpha value is -3.28. The zero-order chi connectivity index (χ0) is 17.0. The second kappa shape index (κ2) is 6.45. The molecule has 0 atom stereocenters. The fourth-order valence-electron chi connectivity index (χ4n) is 1.56. The topological polar surface area (TPSA) is 148 Å². The first kappa shape index (κ1) is 16.8. The number of hydrogen-bond donors (Lipinski definition) is 3. The minimum atomic E-state index is -0.975. The molecule has 0 fully saturated rings. The number of amides is 1. The van der Waals surface area contributed by atoms with Gasteiger partial charge in [-0.05, 0) is 13.0 Å². The number of benzene rings is 1. The lowest BCUT2D eigenvalue weighted by atomic mass is 10.1. The van der Waals surface area contributed by atoms with E-state index in [4.69, 9.17) is 5.26 Å². The van der Waals surface area contributed by atoms with Crippen LogP contribution in [0.4, 0.5) is 5.69 Å². The van der Waals surface area contributed by atoms with Crippen LogP contribution in [0.1, 0.15) is 12.5 Å². The summed E-state index contributed by atoms with van der Waals surface area (Å²) in [6, 6.07) is 3.09. The first-order valence-corrected chi connectivity index (χ1v) is 6.04. The number of carbonyl (C=O) groups is 1. The summed E-state index contributed by atoms with van der Waals surface area (Å²) in [7, 11) is 1.41. The fraction of sp³-hybridized carbons (Fsp3) is 0.231. The highest BCUT2D eigenvalue weighted by atomic mass is 16.6. The van der Waals surface area contributed by atoms with Crippen LogP contribution in [-0.4, -0.2) is 44.6 Å². The summed E-state index contributed by atoms with van der Waals surface area (Å²) in [5.41, 5.74) is -1.84. The van der Waals surface area contributed by atoms with Crippen LogP contribution in [0.15, 0.2) is 17.7 Å². The minimum absolute atomic E-state index is 0.276. The quantitative estimate of drug-likeness (QED) is 0.189. The molecule has 3 N–H and O–H groups in total. The van der Waals surface area contributed by atoms with Crippen molar-refractivity contribution < 1.29 is 25.0 Å². The highest BCUT2D eigenvalue weighted by Crippen LogP contribution is 2.38. The van der Waals surface area contributed by atoms with E-state index in [2.05, 4.69) is 0 Å². The molecular formula is C13H13N3O6. The molecule has 1 aromatic rings. The molecule has 116 valence electrons. The molecular weight excluding hydrogens is 294 g/mol. The number of phenols is 2. The van der Waals surface area contributed by atoms with Gasteiger partial charge in [0.25, 0.3) is 5.91 Å². The van der Waals surface area contributed by atoms with Gasteiger partial charge in [-0.3, -0.25) is 14.9 Å². The number of nitro groups is 1. The van der Waals surface area contributed by atoms with E-state index in [1.807, 2.05) is 0 Å². The van der Waals surface area contributed by atoms with Gasteiger partial charge in [0.05, 0.1) is 4.92 Å². The SMILES string of the molecule is CCN(C)C(=O)/C(C#N)=C(\O)c1cc(O)c(O)c([N+](=O)[O-])c1. The van der Waals surface area contributed by atoms with Crippen LogP contribution in [-0.2, 0) is 4.79 Å². The Morgan fingerprint density at radius 2 is 2.05 bits per heavy atom.